The monoisotopic (exact) mass is 490 g/mol. The van der Waals surface area contributed by atoms with Gasteiger partial charge in [0.2, 0.25) is 0 Å². The Balaban J connectivity index is 1.20. The molecule has 35 heavy (non-hydrogen) atoms. The number of imidazole rings is 1. The second kappa shape index (κ2) is 9.42. The number of benzene rings is 3. The van der Waals surface area contributed by atoms with Crippen LogP contribution in [0.25, 0.3) is 11.0 Å². The summed E-state index contributed by atoms with van der Waals surface area (Å²) in [6.07, 6.45) is 2.97. The second-order valence-electron chi connectivity index (χ2n) is 8.89. The van der Waals surface area contributed by atoms with E-state index in [0.29, 0.717) is 41.3 Å². The van der Waals surface area contributed by atoms with Gasteiger partial charge in [-0.25, -0.2) is 13.2 Å². The van der Waals surface area contributed by atoms with E-state index in [0.717, 1.165) is 19.3 Å². The molecule has 1 aliphatic heterocycles. The highest BCUT2D eigenvalue weighted by Gasteiger charge is 2.24. The fourth-order valence-electron chi connectivity index (χ4n) is 4.54. The third-order valence-corrected chi connectivity index (χ3v) is 7.83. The van der Waals surface area contributed by atoms with Crippen LogP contribution in [0.15, 0.2) is 82.5 Å². The van der Waals surface area contributed by atoms with Crippen molar-refractivity contribution in [1.29, 1.82) is 0 Å². The molecule has 3 N–H and O–H groups in total. The van der Waals surface area contributed by atoms with E-state index in [2.05, 4.69) is 39.0 Å². The Labute approximate surface area is 203 Å². The molecule has 1 amide bonds. The van der Waals surface area contributed by atoms with Crippen LogP contribution in [0.4, 0.5) is 5.69 Å². The molecule has 180 valence electrons. The molecule has 0 bridgehead atoms. The number of fused-ring (bicyclic) bond motifs is 1. The number of carbonyl (C=O) groups excluding carboxylic acids is 1. The molecule has 0 atom stereocenters. The number of H-pyrrole nitrogens is 2. The van der Waals surface area contributed by atoms with Crippen molar-refractivity contribution in [3.05, 3.63) is 94.4 Å². The number of carbonyl (C=O) groups is 1. The molecular formula is C26H26N4O4S. The molecule has 0 aliphatic carbocycles. The lowest BCUT2D eigenvalue weighted by Crippen LogP contribution is -2.38. The first-order valence-corrected chi connectivity index (χ1v) is 13.0. The Bertz CT molecular complexity index is 1500. The van der Waals surface area contributed by atoms with Gasteiger partial charge in [0, 0.05) is 24.3 Å². The standard InChI is InChI=1S/C26H26N4O4S/c31-25(30-14-12-19(13-15-30)16-18-4-2-1-3-5-18)20-6-8-21(9-7-20)29-35(33,34)22-10-11-23-24(17-22)28-26(32)27-23/h1-11,17,19,29H,12-16H2,(H2,27,28,32). The van der Waals surface area contributed by atoms with Crippen LogP contribution in [0.2, 0.25) is 0 Å². The van der Waals surface area contributed by atoms with Gasteiger partial charge in [0.05, 0.1) is 15.9 Å². The minimum absolute atomic E-state index is 0.0266. The van der Waals surface area contributed by atoms with Crippen LogP contribution in [-0.4, -0.2) is 42.3 Å². The number of hydrogen-bond donors (Lipinski definition) is 3. The van der Waals surface area contributed by atoms with E-state index in [1.54, 1.807) is 24.3 Å². The van der Waals surface area contributed by atoms with E-state index in [-0.39, 0.29) is 10.8 Å². The van der Waals surface area contributed by atoms with Crippen molar-refractivity contribution in [1.82, 2.24) is 14.9 Å². The van der Waals surface area contributed by atoms with Crippen molar-refractivity contribution in [3.8, 4) is 0 Å². The molecule has 0 unspecified atom stereocenters. The summed E-state index contributed by atoms with van der Waals surface area (Å²) >= 11 is 0. The Morgan fingerprint density at radius 3 is 2.31 bits per heavy atom. The number of likely N-dealkylation sites (tertiary alicyclic amines) is 1. The van der Waals surface area contributed by atoms with Gasteiger partial charge in [-0.05, 0) is 73.2 Å². The number of nitrogens with one attached hydrogen (secondary N) is 3. The number of aromatic nitrogens is 2. The fourth-order valence-corrected chi connectivity index (χ4v) is 5.63. The molecule has 8 nitrogen and oxygen atoms in total. The zero-order valence-corrected chi connectivity index (χ0v) is 19.8. The number of sulfonamides is 1. The van der Waals surface area contributed by atoms with Crippen LogP contribution in [0.5, 0.6) is 0 Å². The van der Waals surface area contributed by atoms with Gasteiger partial charge in [0.25, 0.3) is 15.9 Å². The quantitative estimate of drug-likeness (QED) is 0.382. The maximum atomic E-state index is 13.0. The largest absolute Gasteiger partial charge is 0.339 e. The number of rotatable bonds is 6. The lowest BCUT2D eigenvalue weighted by atomic mass is 9.90. The van der Waals surface area contributed by atoms with Crippen molar-refractivity contribution < 1.29 is 13.2 Å². The molecular weight excluding hydrogens is 464 g/mol. The van der Waals surface area contributed by atoms with Crippen molar-refractivity contribution in [2.45, 2.75) is 24.2 Å². The summed E-state index contributed by atoms with van der Waals surface area (Å²) in [5.41, 5.74) is 2.75. The predicted molar refractivity (Wildman–Crippen MR) is 135 cm³/mol. The number of aromatic amines is 2. The highest BCUT2D eigenvalue weighted by atomic mass is 32.2. The van der Waals surface area contributed by atoms with Gasteiger partial charge in [0.15, 0.2) is 0 Å². The Kier molecular flexibility index (Phi) is 6.17. The summed E-state index contributed by atoms with van der Waals surface area (Å²) in [7, 11) is -3.86. The van der Waals surface area contributed by atoms with E-state index in [1.165, 1.54) is 23.8 Å². The van der Waals surface area contributed by atoms with Gasteiger partial charge < -0.3 is 14.9 Å². The molecule has 1 fully saturated rings. The zero-order chi connectivity index (χ0) is 24.4. The van der Waals surface area contributed by atoms with Gasteiger partial charge in [-0.2, -0.15) is 0 Å². The van der Waals surface area contributed by atoms with Crippen molar-refractivity contribution in [2.24, 2.45) is 5.92 Å². The summed E-state index contributed by atoms with van der Waals surface area (Å²) < 4.78 is 28.1. The molecule has 1 aliphatic rings. The summed E-state index contributed by atoms with van der Waals surface area (Å²) in [5, 5.41) is 0. The number of piperidine rings is 1. The van der Waals surface area contributed by atoms with Crippen LogP contribution in [0.1, 0.15) is 28.8 Å². The van der Waals surface area contributed by atoms with E-state index < -0.39 is 15.7 Å². The first-order chi connectivity index (χ1) is 16.9. The first-order valence-electron chi connectivity index (χ1n) is 11.6. The normalized spacial score (nSPS) is 14.8. The Morgan fingerprint density at radius 2 is 1.60 bits per heavy atom. The number of anilines is 1. The fraction of sp³-hybridized carbons (Fsp3) is 0.231. The average molecular weight is 491 g/mol. The van der Waals surface area contributed by atoms with Crippen molar-refractivity contribution >= 4 is 32.7 Å². The molecule has 1 saturated heterocycles. The highest BCUT2D eigenvalue weighted by Crippen LogP contribution is 2.24. The summed E-state index contributed by atoms with van der Waals surface area (Å²) in [4.78, 5) is 31.4. The second-order valence-corrected chi connectivity index (χ2v) is 10.6. The highest BCUT2D eigenvalue weighted by molar-refractivity contribution is 7.92. The van der Waals surface area contributed by atoms with Gasteiger partial charge in [-0.15, -0.1) is 0 Å². The SMILES string of the molecule is O=C(c1ccc(NS(=O)(=O)c2ccc3[nH]c(=O)[nH]c3c2)cc1)N1CCC(Cc2ccccc2)CC1. The zero-order valence-electron chi connectivity index (χ0n) is 19.0. The summed E-state index contributed by atoms with van der Waals surface area (Å²) in [5.74, 6) is 0.529. The molecule has 3 aromatic carbocycles. The molecule has 5 rings (SSSR count). The average Bonchev–Trinajstić information content (AvgIpc) is 3.24. The molecule has 2 heterocycles. The minimum atomic E-state index is -3.86. The molecule has 0 radical (unpaired) electrons. The van der Waals surface area contributed by atoms with E-state index in [4.69, 9.17) is 0 Å². The maximum Gasteiger partial charge on any atom is 0.323 e. The third kappa shape index (κ3) is 5.14. The Morgan fingerprint density at radius 1 is 0.914 bits per heavy atom. The van der Waals surface area contributed by atoms with Gasteiger partial charge in [-0.1, -0.05) is 30.3 Å². The van der Waals surface area contributed by atoms with Crippen LogP contribution < -0.4 is 10.4 Å². The maximum absolute atomic E-state index is 13.0. The van der Waals surface area contributed by atoms with Crippen LogP contribution in [-0.2, 0) is 16.4 Å². The number of amides is 1. The smallest absolute Gasteiger partial charge is 0.323 e. The third-order valence-electron chi connectivity index (χ3n) is 6.45. The van der Waals surface area contributed by atoms with Crippen molar-refractivity contribution in [2.75, 3.05) is 17.8 Å². The van der Waals surface area contributed by atoms with Gasteiger partial charge >= 0.3 is 5.69 Å². The van der Waals surface area contributed by atoms with E-state index in [9.17, 15) is 18.0 Å². The van der Waals surface area contributed by atoms with E-state index in [1.807, 2.05) is 11.0 Å². The predicted octanol–water partition coefficient (Wildman–Crippen LogP) is 3.75. The van der Waals surface area contributed by atoms with Gasteiger partial charge in [0.1, 0.15) is 0 Å². The molecule has 1 aromatic heterocycles. The van der Waals surface area contributed by atoms with Gasteiger partial charge in [-0.3, -0.25) is 9.52 Å². The minimum Gasteiger partial charge on any atom is -0.339 e. The topological polar surface area (TPSA) is 115 Å². The Hall–Kier alpha value is -3.85. The lowest BCUT2D eigenvalue weighted by Gasteiger charge is -2.32. The van der Waals surface area contributed by atoms with Crippen LogP contribution >= 0.6 is 0 Å². The van der Waals surface area contributed by atoms with Crippen molar-refractivity contribution in [3.63, 3.8) is 0 Å². The van der Waals surface area contributed by atoms with Crippen LogP contribution in [0.3, 0.4) is 0 Å². The van der Waals surface area contributed by atoms with E-state index >= 15 is 0 Å². The number of hydrogen-bond acceptors (Lipinski definition) is 4. The van der Waals surface area contributed by atoms with Crippen LogP contribution in [0, 0.1) is 5.92 Å². The first kappa shape index (κ1) is 22.9. The lowest BCUT2D eigenvalue weighted by molar-refractivity contribution is 0.0690. The molecule has 0 saturated carbocycles. The molecule has 9 heteroatoms. The number of nitrogens with zero attached hydrogens (tertiary/aromatic N) is 1. The summed E-state index contributed by atoms with van der Waals surface area (Å²) in [6, 6.07) is 21.2. The summed E-state index contributed by atoms with van der Waals surface area (Å²) in [6.45, 7) is 1.43. The molecule has 0 spiro atoms. The molecule has 4 aromatic rings.